The van der Waals surface area contributed by atoms with Crippen molar-refractivity contribution < 1.29 is 9.59 Å². The van der Waals surface area contributed by atoms with E-state index in [4.69, 9.17) is 28.9 Å². The molecule has 0 saturated carbocycles. The molecule has 8 heteroatoms. The first kappa shape index (κ1) is 21.3. The Balaban J connectivity index is 0.00000243. The lowest BCUT2D eigenvalue weighted by atomic mass is 9.90. The maximum absolute atomic E-state index is 13.0. The van der Waals surface area contributed by atoms with E-state index in [2.05, 4.69) is 6.92 Å². The smallest absolute Gasteiger partial charge is 0.256 e. The van der Waals surface area contributed by atoms with Crippen LogP contribution in [-0.2, 0) is 4.79 Å². The van der Waals surface area contributed by atoms with Gasteiger partial charge in [0.05, 0.1) is 10.6 Å². The summed E-state index contributed by atoms with van der Waals surface area (Å²) in [4.78, 5) is 29.4. The highest BCUT2D eigenvalue weighted by Crippen LogP contribution is 2.32. The molecule has 144 valence electrons. The zero-order chi connectivity index (χ0) is 18.2. The topological polar surface area (TPSA) is 66.6 Å². The quantitative estimate of drug-likeness (QED) is 0.816. The third kappa shape index (κ3) is 4.11. The van der Waals surface area contributed by atoms with Crippen LogP contribution in [0.5, 0.6) is 0 Å². The Morgan fingerprint density at radius 3 is 2.69 bits per heavy atom. The van der Waals surface area contributed by atoms with E-state index in [1.165, 1.54) is 0 Å². The van der Waals surface area contributed by atoms with Crippen molar-refractivity contribution in [2.45, 2.75) is 32.2 Å². The van der Waals surface area contributed by atoms with Crippen molar-refractivity contribution in [2.75, 3.05) is 26.2 Å². The number of nitrogens with two attached hydrogens (primary N) is 1. The van der Waals surface area contributed by atoms with Crippen LogP contribution in [0.4, 0.5) is 0 Å². The molecule has 2 unspecified atom stereocenters. The van der Waals surface area contributed by atoms with Crippen molar-refractivity contribution in [3.05, 3.63) is 33.8 Å². The monoisotopic (exact) mass is 419 g/mol. The van der Waals surface area contributed by atoms with Crippen LogP contribution >= 0.6 is 35.6 Å². The van der Waals surface area contributed by atoms with E-state index in [1.54, 1.807) is 23.1 Å². The summed E-state index contributed by atoms with van der Waals surface area (Å²) in [6.07, 6.45) is 2.39. The summed E-state index contributed by atoms with van der Waals surface area (Å²) in [6.45, 7) is 4.56. The number of amides is 2. The summed E-state index contributed by atoms with van der Waals surface area (Å²) >= 11 is 12.2. The van der Waals surface area contributed by atoms with Crippen molar-refractivity contribution in [3.63, 3.8) is 0 Å². The van der Waals surface area contributed by atoms with Gasteiger partial charge in [0.25, 0.3) is 5.91 Å². The molecular weight excluding hydrogens is 397 g/mol. The summed E-state index contributed by atoms with van der Waals surface area (Å²) < 4.78 is 0. The standard InChI is InChI=1S/C18H23Cl2N3O2.ClH/c1-18(10-21)6-8-22(11-18)17(25)15-3-2-7-23(15)16(24)13-9-12(19)4-5-14(13)20;/h4-5,9,15H,2-3,6-8,10-11,21H2,1H3;1H. The normalized spacial score (nSPS) is 25.3. The number of likely N-dealkylation sites (tertiary alicyclic amines) is 2. The second-order valence-corrected chi connectivity index (χ2v) is 8.15. The Morgan fingerprint density at radius 1 is 1.31 bits per heavy atom. The summed E-state index contributed by atoms with van der Waals surface area (Å²) in [7, 11) is 0. The number of halogens is 3. The van der Waals surface area contributed by atoms with E-state index in [-0.39, 0.29) is 29.6 Å². The van der Waals surface area contributed by atoms with Gasteiger partial charge in [0.15, 0.2) is 0 Å². The van der Waals surface area contributed by atoms with Gasteiger partial charge in [-0.25, -0.2) is 0 Å². The predicted octanol–water partition coefficient (Wildman–Crippen LogP) is 3.22. The molecule has 5 nitrogen and oxygen atoms in total. The first-order valence-electron chi connectivity index (χ1n) is 8.59. The third-order valence-electron chi connectivity index (χ3n) is 5.32. The molecule has 26 heavy (non-hydrogen) atoms. The molecule has 0 bridgehead atoms. The summed E-state index contributed by atoms with van der Waals surface area (Å²) in [5.41, 5.74) is 6.16. The molecule has 2 aliphatic heterocycles. The van der Waals surface area contributed by atoms with Crippen LogP contribution in [0.2, 0.25) is 10.0 Å². The average Bonchev–Trinajstić information content (AvgIpc) is 3.23. The van der Waals surface area contributed by atoms with Gasteiger partial charge in [-0.05, 0) is 49.4 Å². The largest absolute Gasteiger partial charge is 0.340 e. The molecular formula is C18H24Cl3N3O2. The molecule has 2 saturated heterocycles. The fraction of sp³-hybridized carbons (Fsp3) is 0.556. The molecule has 2 fully saturated rings. The zero-order valence-electron chi connectivity index (χ0n) is 14.7. The molecule has 2 N–H and O–H groups in total. The highest BCUT2D eigenvalue weighted by molar-refractivity contribution is 6.35. The van der Waals surface area contributed by atoms with Gasteiger partial charge < -0.3 is 15.5 Å². The number of hydrogen-bond donors (Lipinski definition) is 1. The van der Waals surface area contributed by atoms with Gasteiger partial charge in [-0.15, -0.1) is 12.4 Å². The molecule has 0 radical (unpaired) electrons. The van der Waals surface area contributed by atoms with E-state index in [1.807, 2.05) is 4.90 Å². The lowest BCUT2D eigenvalue weighted by Crippen LogP contribution is -2.48. The molecule has 2 atom stereocenters. The second kappa shape index (κ2) is 8.34. The lowest BCUT2D eigenvalue weighted by Gasteiger charge is -2.29. The van der Waals surface area contributed by atoms with E-state index in [0.717, 1.165) is 12.8 Å². The van der Waals surface area contributed by atoms with E-state index < -0.39 is 6.04 Å². The fourth-order valence-corrected chi connectivity index (χ4v) is 4.04. The SMILES string of the molecule is CC1(CN)CCN(C(=O)C2CCCN2C(=O)c2cc(Cl)ccc2Cl)C1.Cl. The van der Waals surface area contributed by atoms with Gasteiger partial charge >= 0.3 is 0 Å². The number of nitrogens with zero attached hydrogens (tertiary/aromatic N) is 2. The maximum Gasteiger partial charge on any atom is 0.256 e. The minimum Gasteiger partial charge on any atom is -0.340 e. The Morgan fingerprint density at radius 2 is 2.04 bits per heavy atom. The Kier molecular flexibility index (Phi) is 6.83. The predicted molar refractivity (Wildman–Crippen MR) is 106 cm³/mol. The van der Waals surface area contributed by atoms with Crippen LogP contribution in [-0.4, -0.2) is 53.8 Å². The molecule has 0 aliphatic carbocycles. The van der Waals surface area contributed by atoms with Crippen molar-refractivity contribution in [1.29, 1.82) is 0 Å². The number of rotatable bonds is 3. The van der Waals surface area contributed by atoms with Crippen molar-refractivity contribution >= 4 is 47.4 Å². The van der Waals surface area contributed by atoms with Gasteiger partial charge in [-0.2, -0.15) is 0 Å². The van der Waals surface area contributed by atoms with Gasteiger partial charge in [0.2, 0.25) is 5.91 Å². The maximum atomic E-state index is 13.0. The van der Waals surface area contributed by atoms with E-state index in [9.17, 15) is 9.59 Å². The minimum absolute atomic E-state index is 0. The van der Waals surface area contributed by atoms with Crippen molar-refractivity contribution in [1.82, 2.24) is 9.80 Å². The van der Waals surface area contributed by atoms with Crippen LogP contribution in [0.3, 0.4) is 0 Å². The van der Waals surface area contributed by atoms with Crippen LogP contribution in [0.25, 0.3) is 0 Å². The average molecular weight is 421 g/mol. The lowest BCUT2D eigenvalue weighted by molar-refractivity contribution is -0.134. The van der Waals surface area contributed by atoms with Crippen LogP contribution in [0, 0.1) is 5.41 Å². The zero-order valence-corrected chi connectivity index (χ0v) is 17.0. The highest BCUT2D eigenvalue weighted by Gasteiger charge is 2.42. The Hall–Kier alpha value is -1.01. The number of benzene rings is 1. The first-order chi connectivity index (χ1) is 11.8. The molecule has 1 aromatic carbocycles. The number of hydrogen-bond acceptors (Lipinski definition) is 3. The first-order valence-corrected chi connectivity index (χ1v) is 9.35. The minimum atomic E-state index is -0.428. The van der Waals surface area contributed by atoms with Crippen LogP contribution in [0.1, 0.15) is 36.5 Å². The van der Waals surface area contributed by atoms with E-state index in [0.29, 0.717) is 48.2 Å². The van der Waals surface area contributed by atoms with Crippen molar-refractivity contribution in [2.24, 2.45) is 11.1 Å². The molecule has 1 aromatic rings. The Bertz CT molecular complexity index is 700. The summed E-state index contributed by atoms with van der Waals surface area (Å²) in [6, 6.07) is 4.39. The molecule has 0 spiro atoms. The van der Waals surface area contributed by atoms with Gasteiger partial charge in [0, 0.05) is 24.7 Å². The second-order valence-electron chi connectivity index (χ2n) is 7.31. The summed E-state index contributed by atoms with van der Waals surface area (Å²) in [5.74, 6) is -0.217. The van der Waals surface area contributed by atoms with E-state index >= 15 is 0 Å². The van der Waals surface area contributed by atoms with Crippen molar-refractivity contribution in [3.8, 4) is 0 Å². The number of carbonyl (C=O) groups excluding carboxylic acids is 2. The van der Waals surface area contributed by atoms with Crippen LogP contribution < -0.4 is 5.73 Å². The van der Waals surface area contributed by atoms with Crippen LogP contribution in [0.15, 0.2) is 18.2 Å². The van der Waals surface area contributed by atoms with Gasteiger partial charge in [0.1, 0.15) is 6.04 Å². The molecule has 0 aromatic heterocycles. The summed E-state index contributed by atoms with van der Waals surface area (Å²) in [5, 5.41) is 0.803. The molecule has 3 rings (SSSR count). The Labute approximate surface area is 170 Å². The molecule has 2 amide bonds. The number of carbonyl (C=O) groups is 2. The molecule has 2 heterocycles. The fourth-order valence-electron chi connectivity index (χ4n) is 3.67. The van der Waals surface area contributed by atoms with Gasteiger partial charge in [-0.3, -0.25) is 9.59 Å². The van der Waals surface area contributed by atoms with Gasteiger partial charge in [-0.1, -0.05) is 30.1 Å². The molecule has 2 aliphatic rings. The highest BCUT2D eigenvalue weighted by atomic mass is 35.5. The third-order valence-corrected chi connectivity index (χ3v) is 5.88.